The van der Waals surface area contributed by atoms with Crippen molar-refractivity contribution in [3.05, 3.63) is 0 Å². The molecule has 0 bridgehead atoms. The van der Waals surface area contributed by atoms with Gasteiger partial charge in [0, 0.05) is 25.6 Å². The van der Waals surface area contributed by atoms with Crippen LogP contribution in [0, 0.1) is 5.92 Å². The summed E-state index contributed by atoms with van der Waals surface area (Å²) in [4.78, 5) is 25.5. The van der Waals surface area contributed by atoms with Gasteiger partial charge in [-0.15, -0.1) is 0 Å². The monoisotopic (exact) mass is 254 g/mol. The Balaban J connectivity index is 1.94. The number of likely N-dealkylation sites (tertiary alicyclic amines) is 1. The van der Waals surface area contributed by atoms with Crippen molar-refractivity contribution in [1.29, 1.82) is 0 Å². The highest BCUT2D eigenvalue weighted by atomic mass is 16.5. The van der Waals surface area contributed by atoms with E-state index in [1.807, 2.05) is 0 Å². The number of piperidine rings is 1. The predicted molar refractivity (Wildman–Crippen MR) is 67.0 cm³/mol. The summed E-state index contributed by atoms with van der Waals surface area (Å²) in [6, 6.07) is 0.292. The zero-order valence-electron chi connectivity index (χ0n) is 11.0. The fraction of sp³-hybridized carbons (Fsp3) is 0.846. The van der Waals surface area contributed by atoms with Gasteiger partial charge in [-0.25, -0.2) is 0 Å². The van der Waals surface area contributed by atoms with Crippen LogP contribution >= 0.6 is 0 Å². The molecule has 102 valence electrons. The lowest BCUT2D eigenvalue weighted by Crippen LogP contribution is -2.45. The van der Waals surface area contributed by atoms with E-state index >= 15 is 0 Å². The van der Waals surface area contributed by atoms with Gasteiger partial charge in [0.15, 0.2) is 0 Å². The molecule has 0 aromatic carbocycles. The molecule has 2 saturated heterocycles. The molecule has 0 saturated carbocycles. The molecular formula is C13H22N2O3. The first kappa shape index (κ1) is 13.3. The van der Waals surface area contributed by atoms with Crippen LogP contribution in [0.5, 0.6) is 0 Å². The van der Waals surface area contributed by atoms with Crippen molar-refractivity contribution >= 4 is 11.9 Å². The molecule has 2 fully saturated rings. The summed E-state index contributed by atoms with van der Waals surface area (Å²) in [5.41, 5.74) is 0. The van der Waals surface area contributed by atoms with E-state index in [0.717, 1.165) is 45.3 Å². The van der Waals surface area contributed by atoms with Gasteiger partial charge in [0.05, 0.1) is 13.0 Å². The van der Waals surface area contributed by atoms with Crippen LogP contribution in [0.2, 0.25) is 0 Å². The molecule has 18 heavy (non-hydrogen) atoms. The quantitative estimate of drug-likeness (QED) is 0.731. The third-order valence-corrected chi connectivity index (χ3v) is 3.96. The Morgan fingerprint density at radius 2 is 2.22 bits per heavy atom. The molecule has 2 aliphatic heterocycles. The normalized spacial score (nSPS) is 30.4. The molecule has 0 aromatic heterocycles. The van der Waals surface area contributed by atoms with Crippen molar-refractivity contribution in [2.75, 3.05) is 26.7 Å². The first-order chi connectivity index (χ1) is 8.70. The van der Waals surface area contributed by atoms with Gasteiger partial charge in [0.1, 0.15) is 0 Å². The fourth-order valence-electron chi connectivity index (χ4n) is 2.96. The Morgan fingerprint density at radius 1 is 1.39 bits per heavy atom. The molecule has 2 unspecified atom stereocenters. The van der Waals surface area contributed by atoms with Gasteiger partial charge in [-0.2, -0.15) is 0 Å². The number of nitrogens with one attached hydrogen (secondary N) is 1. The van der Waals surface area contributed by atoms with Crippen molar-refractivity contribution in [3.63, 3.8) is 0 Å². The highest BCUT2D eigenvalue weighted by molar-refractivity contribution is 5.76. The third-order valence-electron chi connectivity index (χ3n) is 3.96. The lowest BCUT2D eigenvalue weighted by Gasteiger charge is -2.36. The van der Waals surface area contributed by atoms with Gasteiger partial charge in [0.2, 0.25) is 5.91 Å². The molecule has 5 nitrogen and oxygen atoms in total. The number of hydrogen-bond acceptors (Lipinski definition) is 4. The number of methoxy groups -OCH3 is 1. The Bertz CT molecular complexity index is 319. The molecule has 0 radical (unpaired) electrons. The van der Waals surface area contributed by atoms with Crippen molar-refractivity contribution in [2.24, 2.45) is 5.92 Å². The number of hydrogen-bond donors (Lipinski definition) is 1. The molecule has 1 amide bonds. The highest BCUT2D eigenvalue weighted by Gasteiger charge is 2.31. The zero-order valence-corrected chi connectivity index (χ0v) is 11.0. The van der Waals surface area contributed by atoms with Crippen LogP contribution in [0.4, 0.5) is 0 Å². The summed E-state index contributed by atoms with van der Waals surface area (Å²) in [5.74, 6) is 0.00512. The van der Waals surface area contributed by atoms with Gasteiger partial charge in [-0.1, -0.05) is 0 Å². The minimum absolute atomic E-state index is 0.0185. The summed E-state index contributed by atoms with van der Waals surface area (Å²) < 4.78 is 4.83. The lowest BCUT2D eigenvalue weighted by molar-refractivity contribution is -0.147. The van der Waals surface area contributed by atoms with E-state index in [-0.39, 0.29) is 17.8 Å². The fourth-order valence-corrected chi connectivity index (χ4v) is 2.96. The molecule has 2 rings (SSSR count). The van der Waals surface area contributed by atoms with Crippen molar-refractivity contribution in [2.45, 2.75) is 38.1 Å². The van der Waals surface area contributed by atoms with Gasteiger partial charge in [-0.3, -0.25) is 14.5 Å². The van der Waals surface area contributed by atoms with Gasteiger partial charge >= 0.3 is 5.97 Å². The van der Waals surface area contributed by atoms with E-state index in [4.69, 9.17) is 4.74 Å². The Labute approximate surface area is 108 Å². The van der Waals surface area contributed by atoms with Gasteiger partial charge < -0.3 is 10.1 Å². The van der Waals surface area contributed by atoms with E-state index in [0.29, 0.717) is 12.5 Å². The Morgan fingerprint density at radius 3 is 3.00 bits per heavy atom. The molecule has 1 N–H and O–H groups in total. The van der Waals surface area contributed by atoms with Crippen molar-refractivity contribution in [3.8, 4) is 0 Å². The Kier molecular flexibility index (Phi) is 4.58. The second-order valence-corrected chi connectivity index (χ2v) is 5.21. The van der Waals surface area contributed by atoms with Crippen LogP contribution < -0.4 is 5.32 Å². The average Bonchev–Trinajstić information content (AvgIpc) is 2.62. The summed E-state index contributed by atoms with van der Waals surface area (Å²) in [7, 11) is 1.44. The number of rotatable bonds is 2. The molecule has 5 heteroatoms. The minimum Gasteiger partial charge on any atom is -0.469 e. The molecule has 0 aliphatic carbocycles. The second kappa shape index (κ2) is 6.18. The topological polar surface area (TPSA) is 58.6 Å². The van der Waals surface area contributed by atoms with Crippen LogP contribution in [0.15, 0.2) is 0 Å². The molecule has 2 atom stereocenters. The zero-order chi connectivity index (χ0) is 13.0. The average molecular weight is 254 g/mol. The maximum Gasteiger partial charge on any atom is 0.309 e. The summed E-state index contributed by atoms with van der Waals surface area (Å²) in [6.45, 7) is 2.51. The number of carbonyl (C=O) groups is 2. The molecular weight excluding hydrogens is 232 g/mol. The van der Waals surface area contributed by atoms with Crippen molar-refractivity contribution < 1.29 is 14.3 Å². The van der Waals surface area contributed by atoms with Crippen LogP contribution in [0.1, 0.15) is 32.1 Å². The third kappa shape index (κ3) is 3.22. The summed E-state index contributed by atoms with van der Waals surface area (Å²) >= 11 is 0. The van der Waals surface area contributed by atoms with E-state index in [1.165, 1.54) is 7.11 Å². The first-order valence-corrected chi connectivity index (χ1v) is 6.79. The Hall–Kier alpha value is -1.10. The molecule has 0 spiro atoms. The van der Waals surface area contributed by atoms with E-state index in [9.17, 15) is 9.59 Å². The van der Waals surface area contributed by atoms with E-state index in [2.05, 4.69) is 10.2 Å². The predicted octanol–water partition coefficient (Wildman–Crippen LogP) is 0.540. The van der Waals surface area contributed by atoms with Crippen LogP contribution in [-0.2, 0) is 14.3 Å². The summed E-state index contributed by atoms with van der Waals surface area (Å²) in [5, 5.41) is 2.90. The largest absolute Gasteiger partial charge is 0.469 e. The first-order valence-electron chi connectivity index (χ1n) is 6.79. The second-order valence-electron chi connectivity index (χ2n) is 5.21. The number of ether oxygens (including phenoxy) is 1. The SMILES string of the molecule is COC(=O)C1CCCN(C2CCCNC(=O)C2)C1. The van der Waals surface area contributed by atoms with Gasteiger partial charge in [-0.05, 0) is 32.2 Å². The van der Waals surface area contributed by atoms with Crippen LogP contribution in [-0.4, -0.2) is 49.6 Å². The number of esters is 1. The number of nitrogens with zero attached hydrogens (tertiary/aromatic N) is 1. The molecule has 2 aliphatic rings. The van der Waals surface area contributed by atoms with Crippen LogP contribution in [0.25, 0.3) is 0 Å². The maximum absolute atomic E-state index is 11.6. The van der Waals surface area contributed by atoms with Gasteiger partial charge in [0.25, 0.3) is 0 Å². The standard InChI is InChI=1S/C13H22N2O3/c1-18-13(17)10-4-3-7-15(9-10)11-5-2-6-14-12(16)8-11/h10-11H,2-9H2,1H3,(H,14,16). The minimum atomic E-state index is -0.113. The van der Waals surface area contributed by atoms with Crippen molar-refractivity contribution in [1.82, 2.24) is 10.2 Å². The lowest BCUT2D eigenvalue weighted by atomic mass is 9.95. The number of amides is 1. The molecule has 2 heterocycles. The summed E-state index contributed by atoms with van der Waals surface area (Å²) in [6.07, 6.45) is 4.54. The smallest absolute Gasteiger partial charge is 0.309 e. The number of carbonyl (C=O) groups excluding carboxylic acids is 2. The maximum atomic E-state index is 11.6. The van der Waals surface area contributed by atoms with E-state index < -0.39 is 0 Å². The molecule has 0 aromatic rings. The van der Waals surface area contributed by atoms with Crippen LogP contribution in [0.3, 0.4) is 0 Å². The van der Waals surface area contributed by atoms with E-state index in [1.54, 1.807) is 0 Å². The highest BCUT2D eigenvalue weighted by Crippen LogP contribution is 2.23.